The Hall–Kier alpha value is -1.10. The fourth-order valence-corrected chi connectivity index (χ4v) is 1.95. The summed E-state index contributed by atoms with van der Waals surface area (Å²) in [6, 6.07) is 7.06. The summed E-state index contributed by atoms with van der Waals surface area (Å²) >= 11 is 5.86. The zero-order valence-electron chi connectivity index (χ0n) is 11.2. The van der Waals surface area contributed by atoms with E-state index in [2.05, 4.69) is 12.2 Å². The van der Waals surface area contributed by atoms with E-state index in [-0.39, 0.29) is 19.1 Å². The first kappa shape index (κ1) is 16.0. The highest BCUT2D eigenvalue weighted by Gasteiger charge is 2.10. The van der Waals surface area contributed by atoms with E-state index in [0.29, 0.717) is 17.3 Å². The molecule has 2 N–H and O–H groups in total. The van der Waals surface area contributed by atoms with Crippen molar-refractivity contribution in [1.82, 2.24) is 4.90 Å². The molecule has 0 heterocycles. The zero-order valence-corrected chi connectivity index (χ0v) is 12.0. The Morgan fingerprint density at radius 1 is 1.42 bits per heavy atom. The van der Waals surface area contributed by atoms with Crippen LogP contribution >= 0.6 is 11.6 Å². The average Bonchev–Trinajstić information content (AvgIpc) is 2.36. The Kier molecular flexibility index (Phi) is 7.48. The lowest BCUT2D eigenvalue weighted by Gasteiger charge is -2.20. The number of nitrogens with one attached hydrogen (secondary N) is 1. The third-order valence-corrected chi connectivity index (χ3v) is 2.95. The maximum atomic E-state index is 11.9. The van der Waals surface area contributed by atoms with Crippen LogP contribution in [0.15, 0.2) is 24.3 Å². The molecule has 19 heavy (non-hydrogen) atoms. The highest BCUT2D eigenvalue weighted by atomic mass is 35.5. The Balaban J connectivity index is 2.47. The Bertz CT molecular complexity index is 399. The largest absolute Gasteiger partial charge is 0.395 e. The Labute approximate surface area is 119 Å². The van der Waals surface area contributed by atoms with Crippen molar-refractivity contribution in [3.05, 3.63) is 29.3 Å². The molecule has 0 unspecified atom stereocenters. The number of amides is 1. The number of rotatable bonds is 8. The third-order valence-electron chi connectivity index (χ3n) is 2.72. The number of anilines is 1. The van der Waals surface area contributed by atoms with Crippen LogP contribution in [-0.2, 0) is 4.79 Å². The van der Waals surface area contributed by atoms with Crippen molar-refractivity contribution < 1.29 is 9.90 Å². The topological polar surface area (TPSA) is 52.6 Å². The number of benzene rings is 1. The van der Waals surface area contributed by atoms with E-state index in [9.17, 15) is 4.79 Å². The van der Waals surface area contributed by atoms with Gasteiger partial charge >= 0.3 is 0 Å². The molecule has 0 aliphatic rings. The van der Waals surface area contributed by atoms with Crippen molar-refractivity contribution >= 4 is 23.2 Å². The fourth-order valence-electron chi connectivity index (χ4n) is 1.76. The predicted octanol–water partition coefficient (Wildman–Crippen LogP) is 2.37. The predicted molar refractivity (Wildman–Crippen MR) is 78.5 cm³/mol. The van der Waals surface area contributed by atoms with Crippen LogP contribution in [0.3, 0.4) is 0 Å². The van der Waals surface area contributed by atoms with E-state index in [0.717, 1.165) is 19.4 Å². The Morgan fingerprint density at radius 2 is 2.21 bits per heavy atom. The van der Waals surface area contributed by atoms with Crippen molar-refractivity contribution in [3.63, 3.8) is 0 Å². The van der Waals surface area contributed by atoms with Gasteiger partial charge in [-0.05, 0) is 31.2 Å². The summed E-state index contributed by atoms with van der Waals surface area (Å²) in [6.07, 6.45) is 2.09. The lowest BCUT2D eigenvalue weighted by Crippen LogP contribution is -2.35. The monoisotopic (exact) mass is 284 g/mol. The van der Waals surface area contributed by atoms with Crippen LogP contribution in [-0.4, -0.2) is 42.2 Å². The van der Waals surface area contributed by atoms with Gasteiger partial charge in [0.15, 0.2) is 0 Å². The maximum absolute atomic E-state index is 11.9. The molecule has 0 spiro atoms. The van der Waals surface area contributed by atoms with Crippen molar-refractivity contribution in [2.24, 2.45) is 0 Å². The highest BCUT2D eigenvalue weighted by molar-refractivity contribution is 6.30. The highest BCUT2D eigenvalue weighted by Crippen LogP contribution is 2.14. The SMILES string of the molecule is CCCCN(CCO)CC(=O)Nc1cccc(Cl)c1. The molecule has 0 saturated heterocycles. The first-order valence-electron chi connectivity index (χ1n) is 6.54. The molecule has 1 rings (SSSR count). The van der Waals surface area contributed by atoms with E-state index in [1.807, 2.05) is 4.90 Å². The quantitative estimate of drug-likeness (QED) is 0.771. The molecule has 0 aliphatic carbocycles. The molecular formula is C14H21ClN2O2. The van der Waals surface area contributed by atoms with E-state index in [4.69, 9.17) is 16.7 Å². The molecule has 0 aliphatic heterocycles. The molecule has 0 bridgehead atoms. The van der Waals surface area contributed by atoms with Crippen molar-refractivity contribution in [3.8, 4) is 0 Å². The van der Waals surface area contributed by atoms with Crippen LogP contribution < -0.4 is 5.32 Å². The summed E-state index contributed by atoms with van der Waals surface area (Å²) in [4.78, 5) is 13.8. The number of carbonyl (C=O) groups excluding carboxylic acids is 1. The summed E-state index contributed by atoms with van der Waals surface area (Å²) in [5, 5.41) is 12.4. The number of unbranched alkanes of at least 4 members (excludes halogenated alkanes) is 1. The lowest BCUT2D eigenvalue weighted by atomic mass is 10.3. The summed E-state index contributed by atoms with van der Waals surface area (Å²) in [5.41, 5.74) is 0.692. The second-order valence-electron chi connectivity index (χ2n) is 4.41. The normalized spacial score (nSPS) is 10.7. The number of aliphatic hydroxyl groups excluding tert-OH is 1. The molecule has 1 aromatic rings. The molecule has 0 fully saturated rings. The number of carbonyl (C=O) groups is 1. The summed E-state index contributed by atoms with van der Waals surface area (Å²) < 4.78 is 0. The van der Waals surface area contributed by atoms with E-state index >= 15 is 0 Å². The van der Waals surface area contributed by atoms with Gasteiger partial charge in [-0.25, -0.2) is 0 Å². The number of halogens is 1. The van der Waals surface area contributed by atoms with Gasteiger partial charge in [-0.2, -0.15) is 0 Å². The maximum Gasteiger partial charge on any atom is 0.238 e. The van der Waals surface area contributed by atoms with Crippen LogP contribution in [0, 0.1) is 0 Å². The van der Waals surface area contributed by atoms with Crippen molar-refractivity contribution in [1.29, 1.82) is 0 Å². The van der Waals surface area contributed by atoms with Gasteiger partial charge in [-0.3, -0.25) is 9.69 Å². The molecule has 0 aromatic heterocycles. The van der Waals surface area contributed by atoms with Crippen LogP contribution in [0.4, 0.5) is 5.69 Å². The number of hydrogen-bond acceptors (Lipinski definition) is 3. The summed E-state index contributed by atoms with van der Waals surface area (Å²) in [5.74, 6) is -0.0909. The molecular weight excluding hydrogens is 264 g/mol. The molecule has 4 nitrogen and oxygen atoms in total. The molecule has 0 atom stereocenters. The first-order chi connectivity index (χ1) is 9.15. The molecule has 1 amide bonds. The molecule has 0 saturated carbocycles. The van der Waals surface area contributed by atoms with Crippen LogP contribution in [0.1, 0.15) is 19.8 Å². The average molecular weight is 285 g/mol. The standard InChI is InChI=1S/C14H21ClN2O2/c1-2-3-7-17(8-9-18)11-14(19)16-13-6-4-5-12(15)10-13/h4-6,10,18H,2-3,7-9,11H2,1H3,(H,16,19). The van der Waals surface area contributed by atoms with Gasteiger partial charge in [0.05, 0.1) is 13.2 Å². The minimum Gasteiger partial charge on any atom is -0.395 e. The second kappa shape index (κ2) is 8.91. The fraction of sp³-hybridized carbons (Fsp3) is 0.500. The number of nitrogens with zero attached hydrogens (tertiary/aromatic N) is 1. The number of hydrogen-bond donors (Lipinski definition) is 2. The molecule has 5 heteroatoms. The van der Waals surface area contributed by atoms with Gasteiger partial charge < -0.3 is 10.4 Å². The summed E-state index contributed by atoms with van der Waals surface area (Å²) in [6.45, 7) is 3.79. The van der Waals surface area contributed by atoms with Crippen molar-refractivity contribution in [2.75, 3.05) is 31.6 Å². The van der Waals surface area contributed by atoms with Gasteiger partial charge in [0.1, 0.15) is 0 Å². The lowest BCUT2D eigenvalue weighted by molar-refractivity contribution is -0.117. The van der Waals surface area contributed by atoms with Gasteiger partial charge in [0.2, 0.25) is 5.91 Å². The van der Waals surface area contributed by atoms with Gasteiger partial charge in [0, 0.05) is 17.3 Å². The van der Waals surface area contributed by atoms with Crippen LogP contribution in [0.25, 0.3) is 0 Å². The Morgan fingerprint density at radius 3 is 2.84 bits per heavy atom. The zero-order chi connectivity index (χ0) is 14.1. The van der Waals surface area contributed by atoms with Crippen molar-refractivity contribution in [2.45, 2.75) is 19.8 Å². The minimum absolute atomic E-state index is 0.0637. The molecule has 1 aromatic carbocycles. The van der Waals surface area contributed by atoms with E-state index < -0.39 is 0 Å². The molecule has 0 radical (unpaired) electrons. The third kappa shape index (κ3) is 6.57. The first-order valence-corrected chi connectivity index (χ1v) is 6.92. The van der Waals surface area contributed by atoms with Gasteiger partial charge in [-0.1, -0.05) is 31.0 Å². The van der Waals surface area contributed by atoms with Crippen LogP contribution in [0.5, 0.6) is 0 Å². The molecule has 106 valence electrons. The van der Waals surface area contributed by atoms with Crippen LogP contribution in [0.2, 0.25) is 5.02 Å². The van der Waals surface area contributed by atoms with Gasteiger partial charge in [0.25, 0.3) is 0 Å². The van der Waals surface area contributed by atoms with E-state index in [1.54, 1.807) is 24.3 Å². The second-order valence-corrected chi connectivity index (χ2v) is 4.85. The minimum atomic E-state index is -0.0909. The smallest absolute Gasteiger partial charge is 0.238 e. The van der Waals surface area contributed by atoms with Gasteiger partial charge in [-0.15, -0.1) is 0 Å². The summed E-state index contributed by atoms with van der Waals surface area (Å²) in [7, 11) is 0. The van der Waals surface area contributed by atoms with E-state index in [1.165, 1.54) is 0 Å². The number of aliphatic hydroxyl groups is 1.